The zero-order chi connectivity index (χ0) is 33.5. The van der Waals surface area contributed by atoms with Crippen LogP contribution in [-0.4, -0.2) is 33.4 Å². The lowest BCUT2D eigenvalue weighted by atomic mass is 10.0. The van der Waals surface area contributed by atoms with Crippen molar-refractivity contribution in [3.05, 3.63) is 0 Å². The van der Waals surface area contributed by atoms with Crippen LogP contribution >= 0.6 is 0 Å². The third-order valence-electron chi connectivity index (χ3n) is 9.11. The van der Waals surface area contributed by atoms with Crippen LogP contribution in [0.1, 0.15) is 239 Å². The number of aliphatic carboxylic acids is 2. The van der Waals surface area contributed by atoms with Crippen LogP contribution in [0.25, 0.3) is 0 Å². The molecule has 3 N–H and O–H groups in total. The SMILES string of the molecule is CCCCCCCCCCCCCCCCC(O)C(=O)O.CCCCCCCCCCCCCCCCCCCCCC(=O)O. The number of hydrogen-bond donors (Lipinski definition) is 3. The van der Waals surface area contributed by atoms with Gasteiger partial charge in [-0.2, -0.15) is 0 Å². The van der Waals surface area contributed by atoms with Gasteiger partial charge >= 0.3 is 11.9 Å². The molecule has 0 aromatic rings. The van der Waals surface area contributed by atoms with Gasteiger partial charge in [-0.1, -0.05) is 219 Å². The molecule has 0 radical (unpaired) electrons. The molecular weight excluding hydrogens is 560 g/mol. The van der Waals surface area contributed by atoms with Crippen molar-refractivity contribution >= 4 is 11.9 Å². The average molecular weight is 641 g/mol. The molecule has 0 aliphatic rings. The second-order valence-electron chi connectivity index (χ2n) is 13.7. The summed E-state index contributed by atoms with van der Waals surface area (Å²) in [5.74, 6) is -1.74. The third kappa shape index (κ3) is 45.1. The molecule has 0 amide bonds. The summed E-state index contributed by atoms with van der Waals surface area (Å²) >= 11 is 0. The highest BCUT2D eigenvalue weighted by molar-refractivity contribution is 5.71. The van der Waals surface area contributed by atoms with Gasteiger partial charge in [0.05, 0.1) is 0 Å². The van der Waals surface area contributed by atoms with E-state index in [1.807, 2.05) is 0 Å². The minimum absolute atomic E-state index is 0.346. The zero-order valence-electron chi connectivity index (χ0n) is 30.5. The normalized spacial score (nSPS) is 11.7. The summed E-state index contributed by atoms with van der Waals surface area (Å²) in [4.78, 5) is 20.8. The number of aliphatic hydroxyl groups is 1. The highest BCUT2D eigenvalue weighted by Crippen LogP contribution is 2.16. The summed E-state index contributed by atoms with van der Waals surface area (Å²) in [7, 11) is 0. The molecule has 1 unspecified atom stereocenters. The molecule has 45 heavy (non-hydrogen) atoms. The molecule has 0 aromatic heterocycles. The lowest BCUT2D eigenvalue weighted by molar-refractivity contribution is -0.147. The predicted molar refractivity (Wildman–Crippen MR) is 194 cm³/mol. The van der Waals surface area contributed by atoms with Crippen molar-refractivity contribution in [3.63, 3.8) is 0 Å². The van der Waals surface area contributed by atoms with Crippen LogP contribution in [0.5, 0.6) is 0 Å². The first kappa shape index (κ1) is 46.0. The van der Waals surface area contributed by atoms with E-state index >= 15 is 0 Å². The number of aliphatic hydroxyl groups excluding tert-OH is 1. The van der Waals surface area contributed by atoms with Crippen LogP contribution in [0.2, 0.25) is 0 Å². The maximum Gasteiger partial charge on any atom is 0.332 e. The van der Waals surface area contributed by atoms with Crippen LogP contribution in [0.3, 0.4) is 0 Å². The first-order chi connectivity index (χ1) is 22.0. The van der Waals surface area contributed by atoms with E-state index in [1.54, 1.807) is 0 Å². The Labute approximate surface area is 281 Å². The van der Waals surface area contributed by atoms with E-state index in [4.69, 9.17) is 15.3 Å². The fraction of sp³-hybridized carbons (Fsp3) is 0.950. The van der Waals surface area contributed by atoms with E-state index in [0.717, 1.165) is 25.7 Å². The van der Waals surface area contributed by atoms with Gasteiger partial charge in [-0.05, 0) is 12.8 Å². The van der Waals surface area contributed by atoms with Gasteiger partial charge in [0, 0.05) is 6.42 Å². The van der Waals surface area contributed by atoms with Crippen molar-refractivity contribution in [2.24, 2.45) is 0 Å². The van der Waals surface area contributed by atoms with E-state index < -0.39 is 18.0 Å². The minimum Gasteiger partial charge on any atom is -0.481 e. The van der Waals surface area contributed by atoms with Crippen molar-refractivity contribution < 1.29 is 24.9 Å². The molecule has 0 bridgehead atoms. The van der Waals surface area contributed by atoms with Crippen molar-refractivity contribution in [2.75, 3.05) is 0 Å². The van der Waals surface area contributed by atoms with Gasteiger partial charge in [-0.15, -0.1) is 0 Å². The van der Waals surface area contributed by atoms with E-state index in [-0.39, 0.29) is 0 Å². The highest BCUT2D eigenvalue weighted by Gasteiger charge is 2.11. The molecule has 5 nitrogen and oxygen atoms in total. The monoisotopic (exact) mass is 641 g/mol. The van der Waals surface area contributed by atoms with Crippen LogP contribution < -0.4 is 0 Å². The van der Waals surface area contributed by atoms with E-state index in [9.17, 15) is 9.59 Å². The molecule has 0 rings (SSSR count). The Kier molecular flexibility index (Phi) is 41.9. The van der Waals surface area contributed by atoms with Gasteiger partial charge in [-0.25, -0.2) is 4.79 Å². The molecule has 0 fully saturated rings. The summed E-state index contributed by atoms with van der Waals surface area (Å²) in [5.41, 5.74) is 0. The molecule has 270 valence electrons. The maximum absolute atomic E-state index is 10.4. The Morgan fingerprint density at radius 3 is 0.822 bits per heavy atom. The van der Waals surface area contributed by atoms with Gasteiger partial charge in [0.25, 0.3) is 0 Å². The second-order valence-corrected chi connectivity index (χ2v) is 13.7. The molecule has 0 aliphatic heterocycles. The molecule has 0 saturated heterocycles. The first-order valence-electron chi connectivity index (χ1n) is 20.1. The van der Waals surface area contributed by atoms with Crippen molar-refractivity contribution in [3.8, 4) is 0 Å². The van der Waals surface area contributed by atoms with Gasteiger partial charge < -0.3 is 15.3 Å². The Morgan fingerprint density at radius 2 is 0.600 bits per heavy atom. The number of rotatable bonds is 36. The quantitative estimate of drug-likeness (QED) is 0.0592. The van der Waals surface area contributed by atoms with E-state index in [0.29, 0.717) is 12.8 Å². The molecule has 0 heterocycles. The zero-order valence-corrected chi connectivity index (χ0v) is 30.5. The Morgan fingerprint density at radius 1 is 0.378 bits per heavy atom. The summed E-state index contributed by atoms with van der Waals surface area (Å²) in [5, 5.41) is 26.2. The number of carbonyl (C=O) groups is 2. The smallest absolute Gasteiger partial charge is 0.332 e. The fourth-order valence-electron chi connectivity index (χ4n) is 6.01. The van der Waals surface area contributed by atoms with E-state index in [2.05, 4.69) is 13.8 Å². The largest absolute Gasteiger partial charge is 0.481 e. The summed E-state index contributed by atoms with van der Waals surface area (Å²) in [6.45, 7) is 4.54. The standard InChI is InChI=1S/C22H44O2.C18H36O3/c1-2-3-4-5-6-7-8-9-10-11-12-13-14-15-16-17-18-19-20-21-22(23)24;1-2-3-4-5-6-7-8-9-10-11-12-13-14-15-16-17(19)18(20)21/h2-21H2,1H3,(H,23,24);17,19H,2-16H2,1H3,(H,20,21). The summed E-state index contributed by atoms with van der Waals surface area (Å²) in [6, 6.07) is 0. The molecule has 0 aliphatic carbocycles. The number of carboxylic acids is 2. The Balaban J connectivity index is 0. The maximum atomic E-state index is 10.4. The van der Waals surface area contributed by atoms with E-state index in [1.165, 1.54) is 186 Å². The number of carboxylic acid groups (broad SMARTS) is 2. The van der Waals surface area contributed by atoms with Crippen molar-refractivity contribution in [1.82, 2.24) is 0 Å². The topological polar surface area (TPSA) is 94.8 Å². The molecule has 5 heteroatoms. The van der Waals surface area contributed by atoms with Crippen molar-refractivity contribution in [2.45, 2.75) is 245 Å². The number of hydrogen-bond acceptors (Lipinski definition) is 3. The van der Waals surface area contributed by atoms with Gasteiger partial charge in [0.2, 0.25) is 0 Å². The Bertz CT molecular complexity index is 579. The third-order valence-corrected chi connectivity index (χ3v) is 9.11. The molecule has 0 aromatic carbocycles. The van der Waals surface area contributed by atoms with Gasteiger partial charge in [0.1, 0.15) is 0 Å². The lowest BCUT2D eigenvalue weighted by Gasteiger charge is -2.05. The molecule has 0 saturated carbocycles. The molecule has 0 spiro atoms. The van der Waals surface area contributed by atoms with Crippen LogP contribution in [0.15, 0.2) is 0 Å². The average Bonchev–Trinajstić information content (AvgIpc) is 3.02. The molecule has 1 atom stereocenters. The summed E-state index contributed by atoms with van der Waals surface area (Å²) < 4.78 is 0. The van der Waals surface area contributed by atoms with Gasteiger partial charge in [0.15, 0.2) is 6.10 Å². The Hall–Kier alpha value is -1.10. The van der Waals surface area contributed by atoms with Crippen LogP contribution in [0.4, 0.5) is 0 Å². The van der Waals surface area contributed by atoms with Crippen LogP contribution in [0, 0.1) is 0 Å². The highest BCUT2D eigenvalue weighted by atomic mass is 16.4. The molecular formula is C40H80O5. The van der Waals surface area contributed by atoms with Gasteiger partial charge in [-0.3, -0.25) is 4.79 Å². The first-order valence-corrected chi connectivity index (χ1v) is 20.1. The predicted octanol–water partition coefficient (Wildman–Crippen LogP) is 13.2. The minimum atomic E-state index is -1.16. The van der Waals surface area contributed by atoms with Crippen LogP contribution in [-0.2, 0) is 9.59 Å². The second kappa shape index (κ2) is 40.9. The summed E-state index contributed by atoms with van der Waals surface area (Å²) in [6.07, 6.45) is 43.4. The lowest BCUT2D eigenvalue weighted by Crippen LogP contribution is -2.18. The van der Waals surface area contributed by atoms with Crippen molar-refractivity contribution in [1.29, 1.82) is 0 Å². The fourth-order valence-corrected chi connectivity index (χ4v) is 6.01. The number of unbranched alkanes of at least 4 members (excludes halogenated alkanes) is 31.